The monoisotopic (exact) mass is 365 g/mol. The van der Waals surface area contributed by atoms with E-state index in [-0.39, 0.29) is 6.54 Å². The molecule has 0 saturated heterocycles. The summed E-state index contributed by atoms with van der Waals surface area (Å²) in [5, 5.41) is 7.84. The summed E-state index contributed by atoms with van der Waals surface area (Å²) in [4.78, 5) is 13.1. The molecule has 0 saturated carbocycles. The van der Waals surface area contributed by atoms with E-state index in [9.17, 15) is 9.18 Å². The highest BCUT2D eigenvalue weighted by Gasteiger charge is 2.16. The summed E-state index contributed by atoms with van der Waals surface area (Å²) in [7, 11) is 0. The molecule has 1 aromatic heterocycles. The normalized spacial score (nSPS) is 12.8. The van der Waals surface area contributed by atoms with Gasteiger partial charge in [0.1, 0.15) is 5.82 Å². The summed E-state index contributed by atoms with van der Waals surface area (Å²) in [6.07, 6.45) is 4.63. The lowest BCUT2D eigenvalue weighted by Gasteiger charge is -2.19. The van der Waals surface area contributed by atoms with Gasteiger partial charge in [-0.25, -0.2) is 4.39 Å². The van der Waals surface area contributed by atoms with Gasteiger partial charge in [-0.1, -0.05) is 19.1 Å². The molecule has 1 amide bonds. The van der Waals surface area contributed by atoms with Crippen LogP contribution in [0.4, 0.5) is 10.1 Å². The first-order valence-corrected chi connectivity index (χ1v) is 9.13. The molecule has 4 rings (SSSR count). The number of fused-ring (bicyclic) bond motifs is 1. The van der Waals surface area contributed by atoms with Gasteiger partial charge < -0.3 is 9.32 Å². The summed E-state index contributed by atoms with van der Waals surface area (Å²) in [6.45, 7) is 2.08. The molecular weight excluding hydrogens is 345 g/mol. The van der Waals surface area contributed by atoms with Gasteiger partial charge in [-0.15, -0.1) is 10.2 Å². The molecule has 1 heterocycles. The highest BCUT2D eigenvalue weighted by molar-refractivity contribution is 5.75. The third-order valence-electron chi connectivity index (χ3n) is 4.95. The van der Waals surface area contributed by atoms with Crippen molar-refractivity contribution >= 4 is 12.1 Å². The van der Waals surface area contributed by atoms with Crippen LogP contribution in [0.3, 0.4) is 0 Å². The molecule has 138 valence electrons. The van der Waals surface area contributed by atoms with Gasteiger partial charge in [0.05, 0.1) is 6.54 Å². The van der Waals surface area contributed by atoms with E-state index in [1.54, 1.807) is 12.1 Å². The Hall–Kier alpha value is -3.02. The van der Waals surface area contributed by atoms with Crippen LogP contribution < -0.4 is 4.90 Å². The number of hydrogen-bond acceptors (Lipinski definition) is 4. The summed E-state index contributed by atoms with van der Waals surface area (Å²) in [5.74, 6) is 0.401. The fourth-order valence-electron chi connectivity index (χ4n) is 3.43. The molecule has 27 heavy (non-hydrogen) atoms. The van der Waals surface area contributed by atoms with Crippen molar-refractivity contribution < 1.29 is 13.6 Å². The highest BCUT2D eigenvalue weighted by atomic mass is 19.1. The Balaban J connectivity index is 1.56. The lowest BCUT2D eigenvalue weighted by atomic mass is 10.1. The maximum absolute atomic E-state index is 14.6. The van der Waals surface area contributed by atoms with Gasteiger partial charge in [0.15, 0.2) is 0 Å². The molecule has 0 spiro atoms. The van der Waals surface area contributed by atoms with E-state index in [0.29, 0.717) is 29.3 Å². The Morgan fingerprint density at radius 2 is 2.00 bits per heavy atom. The quantitative estimate of drug-likeness (QED) is 0.618. The van der Waals surface area contributed by atoms with Crippen LogP contribution in [0.25, 0.3) is 11.5 Å². The van der Waals surface area contributed by atoms with Gasteiger partial charge in [-0.05, 0) is 54.7 Å². The van der Waals surface area contributed by atoms with Crippen molar-refractivity contribution in [1.29, 1.82) is 0 Å². The molecular formula is C21H20FN3O2. The zero-order chi connectivity index (χ0) is 18.8. The van der Waals surface area contributed by atoms with Crippen molar-refractivity contribution in [2.75, 3.05) is 4.90 Å². The van der Waals surface area contributed by atoms with E-state index in [4.69, 9.17) is 4.42 Å². The molecule has 0 unspecified atom stereocenters. The maximum Gasteiger partial charge on any atom is 0.247 e. The Bertz CT molecular complexity index is 983. The minimum atomic E-state index is -0.406. The van der Waals surface area contributed by atoms with Crippen molar-refractivity contribution in [2.45, 2.75) is 39.2 Å². The number of amides is 1. The standard InChI is InChI=1S/C21H20FN3O2/c1-2-20-23-24-21(27-20)16-6-7-17(19(22)11-16)12-25(13-26)18-9-8-14-4-3-5-15(14)10-18/h6-11,13H,2-5,12H2,1H3. The molecule has 1 aliphatic rings. The number of aromatic nitrogens is 2. The highest BCUT2D eigenvalue weighted by Crippen LogP contribution is 2.28. The van der Waals surface area contributed by atoms with Crippen LogP contribution in [-0.2, 0) is 30.6 Å². The van der Waals surface area contributed by atoms with Crippen LogP contribution >= 0.6 is 0 Å². The Morgan fingerprint density at radius 1 is 1.15 bits per heavy atom. The van der Waals surface area contributed by atoms with Gasteiger partial charge in [0, 0.05) is 23.2 Å². The van der Waals surface area contributed by atoms with Gasteiger partial charge in [-0.3, -0.25) is 4.79 Å². The minimum absolute atomic E-state index is 0.165. The van der Waals surface area contributed by atoms with Crippen LogP contribution in [0, 0.1) is 5.82 Å². The Kier molecular flexibility index (Phi) is 4.71. The number of carbonyl (C=O) groups is 1. The summed E-state index contributed by atoms with van der Waals surface area (Å²) in [5.41, 5.74) is 4.36. The van der Waals surface area contributed by atoms with Gasteiger partial charge in [0.2, 0.25) is 18.2 Å². The molecule has 3 aromatic rings. The lowest BCUT2D eigenvalue weighted by molar-refractivity contribution is -0.107. The molecule has 0 atom stereocenters. The second-order valence-electron chi connectivity index (χ2n) is 6.70. The molecule has 0 aliphatic heterocycles. The zero-order valence-corrected chi connectivity index (χ0v) is 15.1. The molecule has 6 heteroatoms. The van der Waals surface area contributed by atoms with E-state index in [1.807, 2.05) is 19.1 Å². The molecule has 0 fully saturated rings. The number of nitrogens with zero attached hydrogens (tertiary/aromatic N) is 3. The van der Waals surface area contributed by atoms with E-state index < -0.39 is 5.82 Å². The molecule has 2 aromatic carbocycles. The number of carbonyl (C=O) groups excluding carboxylic acids is 1. The van der Waals surface area contributed by atoms with Crippen molar-refractivity contribution in [2.24, 2.45) is 0 Å². The fraction of sp³-hybridized carbons (Fsp3) is 0.286. The van der Waals surface area contributed by atoms with Crippen molar-refractivity contribution in [3.8, 4) is 11.5 Å². The van der Waals surface area contributed by atoms with Crippen molar-refractivity contribution in [3.05, 3.63) is 64.8 Å². The van der Waals surface area contributed by atoms with E-state index in [1.165, 1.54) is 22.1 Å². The SMILES string of the molecule is CCc1nnc(-c2ccc(CN(C=O)c3ccc4c(c3)CCC4)c(F)c2)o1. The fourth-order valence-corrected chi connectivity index (χ4v) is 3.43. The summed E-state index contributed by atoms with van der Waals surface area (Å²) < 4.78 is 20.1. The third-order valence-corrected chi connectivity index (χ3v) is 4.95. The average molecular weight is 365 g/mol. The number of anilines is 1. The topological polar surface area (TPSA) is 59.2 Å². The van der Waals surface area contributed by atoms with E-state index in [2.05, 4.69) is 16.3 Å². The van der Waals surface area contributed by atoms with Crippen LogP contribution in [0.5, 0.6) is 0 Å². The van der Waals surface area contributed by atoms with Crippen LogP contribution in [0.15, 0.2) is 40.8 Å². The smallest absolute Gasteiger partial charge is 0.247 e. The van der Waals surface area contributed by atoms with E-state index in [0.717, 1.165) is 31.4 Å². The van der Waals surface area contributed by atoms with Crippen LogP contribution in [0.1, 0.15) is 35.9 Å². The number of hydrogen-bond donors (Lipinski definition) is 0. The van der Waals surface area contributed by atoms with Crippen LogP contribution in [-0.4, -0.2) is 16.6 Å². The number of rotatable bonds is 6. The maximum atomic E-state index is 14.6. The zero-order valence-electron chi connectivity index (χ0n) is 15.1. The minimum Gasteiger partial charge on any atom is -0.421 e. The number of benzene rings is 2. The predicted octanol–water partition coefficient (Wildman–Crippen LogP) is 4.09. The first-order chi connectivity index (χ1) is 13.2. The largest absolute Gasteiger partial charge is 0.421 e. The predicted molar refractivity (Wildman–Crippen MR) is 99.8 cm³/mol. The second-order valence-corrected chi connectivity index (χ2v) is 6.70. The van der Waals surface area contributed by atoms with Crippen molar-refractivity contribution in [3.63, 3.8) is 0 Å². The lowest BCUT2D eigenvalue weighted by Crippen LogP contribution is -2.21. The molecule has 0 N–H and O–H groups in total. The van der Waals surface area contributed by atoms with Gasteiger partial charge in [-0.2, -0.15) is 0 Å². The molecule has 0 bridgehead atoms. The third kappa shape index (κ3) is 3.47. The van der Waals surface area contributed by atoms with Gasteiger partial charge in [0.25, 0.3) is 0 Å². The molecule has 5 nitrogen and oxygen atoms in total. The van der Waals surface area contributed by atoms with Crippen molar-refractivity contribution in [1.82, 2.24) is 10.2 Å². The summed E-state index contributed by atoms with van der Waals surface area (Å²) >= 11 is 0. The van der Waals surface area contributed by atoms with E-state index >= 15 is 0 Å². The Labute approximate surface area is 156 Å². The molecule has 0 radical (unpaired) electrons. The summed E-state index contributed by atoms with van der Waals surface area (Å²) in [6, 6.07) is 10.8. The average Bonchev–Trinajstić information content (AvgIpc) is 3.35. The number of halogens is 1. The first kappa shape index (κ1) is 17.4. The second kappa shape index (κ2) is 7.31. The van der Waals surface area contributed by atoms with Gasteiger partial charge >= 0.3 is 0 Å². The number of aryl methyl sites for hydroxylation is 3. The van der Waals surface area contributed by atoms with Crippen LogP contribution in [0.2, 0.25) is 0 Å². The molecule has 1 aliphatic carbocycles. The first-order valence-electron chi connectivity index (χ1n) is 9.13. The Morgan fingerprint density at radius 3 is 2.74 bits per heavy atom.